The second-order valence-corrected chi connectivity index (χ2v) is 8.28. The van der Waals surface area contributed by atoms with Crippen LogP contribution in [0, 0.1) is 17.3 Å². The van der Waals surface area contributed by atoms with Crippen LogP contribution in [0.1, 0.15) is 38.5 Å². The van der Waals surface area contributed by atoms with Gasteiger partial charge in [-0.1, -0.05) is 0 Å². The molecule has 19 heavy (non-hydrogen) atoms. The highest BCUT2D eigenvalue weighted by atomic mass is 32.2. The average molecular weight is 288 g/mol. The number of carbonyl (C=O) groups is 1. The Morgan fingerprint density at radius 1 is 1.16 bits per heavy atom. The molecular formula is C13H20O5S. The highest BCUT2D eigenvalue weighted by Gasteiger charge is 2.62. The van der Waals surface area contributed by atoms with E-state index in [0.717, 1.165) is 38.4 Å². The van der Waals surface area contributed by atoms with Crippen LogP contribution < -0.4 is 0 Å². The molecule has 4 fully saturated rings. The van der Waals surface area contributed by atoms with Crippen molar-refractivity contribution in [3.63, 3.8) is 0 Å². The summed E-state index contributed by atoms with van der Waals surface area (Å²) in [7, 11) is -2.09. The Labute approximate surface area is 113 Å². The molecule has 108 valence electrons. The summed E-state index contributed by atoms with van der Waals surface area (Å²) in [6.45, 7) is 0. The van der Waals surface area contributed by atoms with Crippen LogP contribution in [-0.4, -0.2) is 33.4 Å². The fraction of sp³-hybridized carbons (Fsp3) is 0.923. The molecule has 0 radical (unpaired) electrons. The van der Waals surface area contributed by atoms with Gasteiger partial charge in [0.1, 0.15) is 0 Å². The van der Waals surface area contributed by atoms with Crippen molar-refractivity contribution < 1.29 is 22.1 Å². The fourth-order valence-electron chi connectivity index (χ4n) is 5.05. The molecule has 0 aromatic heterocycles. The Morgan fingerprint density at radius 2 is 1.74 bits per heavy atom. The summed E-state index contributed by atoms with van der Waals surface area (Å²) in [6, 6.07) is 0. The van der Waals surface area contributed by atoms with E-state index in [1.54, 1.807) is 0 Å². The maximum atomic E-state index is 12.1. The van der Waals surface area contributed by atoms with Crippen LogP contribution in [0.3, 0.4) is 0 Å². The van der Waals surface area contributed by atoms with E-state index < -0.39 is 21.1 Å². The zero-order valence-corrected chi connectivity index (χ0v) is 12.2. The second-order valence-electron chi connectivity index (χ2n) is 6.70. The van der Waals surface area contributed by atoms with Gasteiger partial charge in [-0.25, -0.2) is 0 Å². The van der Waals surface area contributed by atoms with Gasteiger partial charge in [-0.15, -0.1) is 0 Å². The van der Waals surface area contributed by atoms with E-state index in [0.29, 0.717) is 18.3 Å². The zero-order chi connectivity index (χ0) is 13.9. The first-order valence-electron chi connectivity index (χ1n) is 6.75. The van der Waals surface area contributed by atoms with Crippen molar-refractivity contribution in [2.75, 3.05) is 13.4 Å². The van der Waals surface area contributed by atoms with Crippen LogP contribution in [0.2, 0.25) is 0 Å². The number of rotatable bonds is 3. The van der Waals surface area contributed by atoms with Gasteiger partial charge >= 0.3 is 5.97 Å². The van der Waals surface area contributed by atoms with Crippen molar-refractivity contribution in [3.05, 3.63) is 0 Å². The SMILES string of the molecule is COC(=O)C12CC3CC(CC(OS(C)(=O)=O)(C3)C1)C2. The molecule has 4 bridgehead atoms. The minimum atomic E-state index is -3.50. The third kappa shape index (κ3) is 2.18. The lowest BCUT2D eigenvalue weighted by molar-refractivity contribution is -0.187. The summed E-state index contributed by atoms with van der Waals surface area (Å²) < 4.78 is 33.4. The molecule has 6 heteroatoms. The van der Waals surface area contributed by atoms with Gasteiger partial charge in [0.05, 0.1) is 24.4 Å². The van der Waals surface area contributed by atoms with E-state index in [1.165, 1.54) is 7.11 Å². The molecule has 4 aliphatic carbocycles. The Balaban J connectivity index is 1.95. The zero-order valence-electron chi connectivity index (χ0n) is 11.3. The van der Waals surface area contributed by atoms with Gasteiger partial charge in [-0.2, -0.15) is 8.42 Å². The maximum Gasteiger partial charge on any atom is 0.311 e. The largest absolute Gasteiger partial charge is 0.469 e. The van der Waals surface area contributed by atoms with Gasteiger partial charge in [0.2, 0.25) is 0 Å². The molecule has 0 saturated heterocycles. The van der Waals surface area contributed by atoms with E-state index in [9.17, 15) is 13.2 Å². The third-order valence-electron chi connectivity index (χ3n) is 4.95. The predicted octanol–water partition coefficient (Wildman–Crippen LogP) is 1.47. The predicted molar refractivity (Wildman–Crippen MR) is 67.8 cm³/mol. The first-order chi connectivity index (χ1) is 8.76. The summed E-state index contributed by atoms with van der Waals surface area (Å²) in [5.41, 5.74) is -1.17. The maximum absolute atomic E-state index is 12.1. The van der Waals surface area contributed by atoms with Crippen molar-refractivity contribution in [3.8, 4) is 0 Å². The standard InChI is InChI=1S/C13H20O5S/c1-17-11(14)12-4-9-3-10(5-12)7-13(6-9,8-12)18-19(2,15)16/h9-10H,3-8H2,1-2H3. The highest BCUT2D eigenvalue weighted by Crippen LogP contribution is 2.63. The molecular weight excluding hydrogens is 268 g/mol. The third-order valence-corrected chi connectivity index (χ3v) is 5.61. The quantitative estimate of drug-likeness (QED) is 0.581. The van der Waals surface area contributed by atoms with Crippen molar-refractivity contribution in [1.82, 2.24) is 0 Å². The lowest BCUT2D eigenvalue weighted by Crippen LogP contribution is -2.59. The molecule has 2 atom stereocenters. The normalized spacial score (nSPS) is 44.3. The van der Waals surface area contributed by atoms with Crippen LogP contribution in [0.25, 0.3) is 0 Å². The molecule has 2 unspecified atom stereocenters. The molecule has 0 aliphatic heterocycles. The van der Waals surface area contributed by atoms with Crippen molar-refractivity contribution >= 4 is 16.1 Å². The minimum absolute atomic E-state index is 0.192. The Kier molecular flexibility index (Phi) is 2.78. The number of ether oxygens (including phenoxy) is 1. The van der Waals surface area contributed by atoms with Crippen molar-refractivity contribution in [1.29, 1.82) is 0 Å². The van der Waals surface area contributed by atoms with E-state index >= 15 is 0 Å². The van der Waals surface area contributed by atoms with Gasteiger partial charge < -0.3 is 4.74 Å². The molecule has 4 rings (SSSR count). The molecule has 0 aromatic rings. The number of esters is 1. The Morgan fingerprint density at radius 3 is 2.21 bits per heavy atom. The number of methoxy groups -OCH3 is 1. The first-order valence-corrected chi connectivity index (χ1v) is 8.57. The van der Waals surface area contributed by atoms with E-state index in [4.69, 9.17) is 8.92 Å². The molecule has 0 aromatic carbocycles. The molecule has 0 heterocycles. The van der Waals surface area contributed by atoms with Gasteiger partial charge in [-0.3, -0.25) is 8.98 Å². The summed E-state index contributed by atoms with van der Waals surface area (Å²) in [5.74, 6) is 0.590. The molecule has 0 N–H and O–H groups in total. The van der Waals surface area contributed by atoms with E-state index in [2.05, 4.69) is 0 Å². The fourth-order valence-corrected chi connectivity index (χ4v) is 5.89. The topological polar surface area (TPSA) is 69.7 Å². The Hall–Kier alpha value is -0.620. The molecule has 4 saturated carbocycles. The highest BCUT2D eigenvalue weighted by molar-refractivity contribution is 7.86. The van der Waals surface area contributed by atoms with Gasteiger partial charge in [0.15, 0.2) is 0 Å². The monoisotopic (exact) mass is 288 g/mol. The summed E-state index contributed by atoms with van der Waals surface area (Å²) >= 11 is 0. The van der Waals surface area contributed by atoms with Crippen LogP contribution in [0.4, 0.5) is 0 Å². The van der Waals surface area contributed by atoms with E-state index in [1.807, 2.05) is 0 Å². The Bertz CT molecular complexity index is 495. The van der Waals surface area contributed by atoms with Crippen LogP contribution in [0.15, 0.2) is 0 Å². The number of hydrogen-bond donors (Lipinski definition) is 0. The summed E-state index contributed by atoms with van der Waals surface area (Å²) in [5, 5.41) is 0. The minimum Gasteiger partial charge on any atom is -0.469 e. The molecule has 4 aliphatic rings. The van der Waals surface area contributed by atoms with Gasteiger partial charge in [0.25, 0.3) is 10.1 Å². The van der Waals surface area contributed by atoms with Crippen molar-refractivity contribution in [2.24, 2.45) is 17.3 Å². The van der Waals surface area contributed by atoms with Crippen LogP contribution in [0.5, 0.6) is 0 Å². The average Bonchev–Trinajstić information content (AvgIpc) is 2.22. The number of carbonyl (C=O) groups excluding carboxylic acids is 1. The van der Waals surface area contributed by atoms with Crippen molar-refractivity contribution in [2.45, 2.75) is 44.1 Å². The molecule has 5 nitrogen and oxygen atoms in total. The molecule has 0 amide bonds. The van der Waals surface area contributed by atoms with Crippen LogP contribution >= 0.6 is 0 Å². The van der Waals surface area contributed by atoms with Crippen LogP contribution in [-0.2, 0) is 23.8 Å². The smallest absolute Gasteiger partial charge is 0.311 e. The van der Waals surface area contributed by atoms with Gasteiger partial charge in [0, 0.05) is 0 Å². The number of hydrogen-bond acceptors (Lipinski definition) is 5. The first kappa shape index (κ1) is 13.4. The molecule has 0 spiro atoms. The second kappa shape index (κ2) is 3.95. The lowest BCUT2D eigenvalue weighted by Gasteiger charge is -2.59. The summed E-state index contributed by atoms with van der Waals surface area (Å²) in [6.07, 6.45) is 5.84. The lowest BCUT2D eigenvalue weighted by atomic mass is 9.48. The van der Waals surface area contributed by atoms with E-state index in [-0.39, 0.29) is 5.97 Å². The van der Waals surface area contributed by atoms with Gasteiger partial charge in [-0.05, 0) is 50.4 Å². The summed E-state index contributed by atoms with van der Waals surface area (Å²) in [4.78, 5) is 12.1.